The predicted molar refractivity (Wildman–Crippen MR) is 120 cm³/mol. The fraction of sp³-hybridized carbons (Fsp3) is 0.333. The van der Waals surface area contributed by atoms with Gasteiger partial charge in [0.25, 0.3) is 5.88 Å². The van der Waals surface area contributed by atoms with Crippen molar-refractivity contribution in [3.8, 4) is 11.8 Å². The van der Waals surface area contributed by atoms with Crippen LogP contribution in [0.2, 0.25) is 0 Å². The molecule has 0 amide bonds. The van der Waals surface area contributed by atoms with Crippen LogP contribution < -0.4 is 10.6 Å². The molecular weight excluding hydrogens is 526 g/mol. The van der Waals surface area contributed by atoms with Crippen LogP contribution in [0.15, 0.2) is 34.8 Å². The zero-order valence-corrected chi connectivity index (χ0v) is 20.2. The molecule has 36 heavy (non-hydrogen) atoms. The molecule has 1 heterocycles. The molecule has 0 aliphatic carbocycles. The first kappa shape index (κ1) is 28.2. The molecule has 18 heteroatoms. The van der Waals surface area contributed by atoms with Gasteiger partial charge in [-0.05, 0) is 24.6 Å². The van der Waals surface area contributed by atoms with Crippen LogP contribution in [0.3, 0.4) is 0 Å². The van der Waals surface area contributed by atoms with Gasteiger partial charge in [0.2, 0.25) is 5.50 Å². The molecule has 2 rings (SSSR count). The lowest BCUT2D eigenvalue weighted by molar-refractivity contribution is -0.420. The van der Waals surface area contributed by atoms with E-state index >= 15 is 0 Å². The minimum Gasteiger partial charge on any atom is -0.481 e. The number of hydrazine groups is 1. The van der Waals surface area contributed by atoms with E-state index in [1.165, 1.54) is 0 Å². The van der Waals surface area contributed by atoms with E-state index < -0.39 is 88.7 Å². The quantitative estimate of drug-likeness (QED) is 0.184. The summed E-state index contributed by atoms with van der Waals surface area (Å²) in [5.41, 5.74) is -5.08. The molecule has 0 fully saturated rings. The number of ether oxygens (including phenoxy) is 1. The summed E-state index contributed by atoms with van der Waals surface area (Å²) in [6, 6.07) is 4.64. The van der Waals surface area contributed by atoms with E-state index in [4.69, 9.17) is 15.8 Å². The number of nitriles is 1. The maximum atomic E-state index is 12.3. The number of sulfone groups is 2. The highest BCUT2D eigenvalue weighted by Gasteiger charge is 2.46. The van der Waals surface area contributed by atoms with Gasteiger partial charge >= 0.3 is 17.6 Å². The number of carboxylic acid groups (broad SMARTS) is 2. The van der Waals surface area contributed by atoms with E-state index in [-0.39, 0.29) is 10.6 Å². The Morgan fingerprint density at radius 3 is 2.36 bits per heavy atom. The van der Waals surface area contributed by atoms with Crippen LogP contribution in [0.25, 0.3) is 0 Å². The van der Waals surface area contributed by atoms with Gasteiger partial charge in [0.15, 0.2) is 9.84 Å². The first-order chi connectivity index (χ1) is 16.5. The fourth-order valence-corrected chi connectivity index (χ4v) is 4.55. The van der Waals surface area contributed by atoms with Crippen molar-refractivity contribution in [1.29, 1.82) is 5.26 Å². The molecule has 0 aromatic heterocycles. The van der Waals surface area contributed by atoms with Crippen molar-refractivity contribution in [3.63, 3.8) is 0 Å². The molecule has 0 spiro atoms. The molecule has 4 N–H and O–H groups in total. The van der Waals surface area contributed by atoms with Crippen molar-refractivity contribution >= 4 is 37.3 Å². The molecule has 1 aliphatic heterocycles. The molecule has 2 atom stereocenters. The molecule has 0 bridgehead atoms. The van der Waals surface area contributed by atoms with Crippen molar-refractivity contribution in [3.05, 3.63) is 51.0 Å². The van der Waals surface area contributed by atoms with Gasteiger partial charge < -0.3 is 14.9 Å². The molecule has 1 aromatic carbocycles. The molecule has 194 valence electrons. The topological polar surface area (TPSA) is 261 Å². The molecule has 16 nitrogen and oxygen atoms in total. The van der Waals surface area contributed by atoms with Crippen molar-refractivity contribution in [1.82, 2.24) is 5.01 Å². The molecule has 0 saturated heterocycles. The van der Waals surface area contributed by atoms with Gasteiger partial charge in [-0.2, -0.15) is 5.26 Å². The number of aliphatic imine (C=N–C) groups is 1. The number of aromatic carboxylic acids is 1. The molecule has 0 radical (unpaired) electrons. The van der Waals surface area contributed by atoms with E-state index in [1.807, 2.05) is 0 Å². The first-order valence-electron chi connectivity index (χ1n) is 9.53. The van der Waals surface area contributed by atoms with E-state index in [1.54, 1.807) is 6.07 Å². The first-order valence-corrected chi connectivity index (χ1v) is 13.5. The van der Waals surface area contributed by atoms with Crippen molar-refractivity contribution in [2.24, 2.45) is 16.8 Å². The number of carboxylic acids is 2. The average Bonchev–Trinajstić information content (AvgIpc) is 2.73. The number of hydrogen-bond acceptors (Lipinski definition) is 13. The number of nitro groups is 1. The Hall–Kier alpha value is -4.08. The third-order valence-corrected chi connectivity index (χ3v) is 6.76. The van der Waals surface area contributed by atoms with Gasteiger partial charge in [-0.25, -0.2) is 37.5 Å². The van der Waals surface area contributed by atoms with Gasteiger partial charge in [-0.1, -0.05) is 0 Å². The van der Waals surface area contributed by atoms with E-state index in [0.717, 1.165) is 24.5 Å². The summed E-state index contributed by atoms with van der Waals surface area (Å²) in [6.07, 6.45) is 0.714. The maximum Gasteiger partial charge on any atom is 0.352 e. The number of allylic oxidation sites excluding steroid dienone is 1. The van der Waals surface area contributed by atoms with Gasteiger partial charge in [0, 0.05) is 12.5 Å². The second kappa shape index (κ2) is 10.3. The summed E-state index contributed by atoms with van der Waals surface area (Å²) >= 11 is 0. The summed E-state index contributed by atoms with van der Waals surface area (Å²) in [4.78, 5) is 38.0. The smallest absolute Gasteiger partial charge is 0.352 e. The number of carbonyl (C=O) groups is 2. The van der Waals surface area contributed by atoms with Crippen LogP contribution in [0.4, 0.5) is 0 Å². The third kappa shape index (κ3) is 6.32. The summed E-state index contributed by atoms with van der Waals surface area (Å²) in [7, 11) is -8.08. The third-order valence-electron chi connectivity index (χ3n) is 4.69. The maximum absolute atomic E-state index is 12.3. The number of nitrogens with zero attached hydrogens (tertiary/aromatic N) is 4. The van der Waals surface area contributed by atoms with Crippen molar-refractivity contribution < 1.29 is 46.3 Å². The van der Waals surface area contributed by atoms with Crippen molar-refractivity contribution in [2.75, 3.05) is 18.3 Å². The largest absolute Gasteiger partial charge is 0.481 e. The minimum absolute atomic E-state index is 0.136. The van der Waals surface area contributed by atoms with Crippen molar-refractivity contribution in [2.45, 2.75) is 11.9 Å². The lowest BCUT2D eigenvalue weighted by Gasteiger charge is -2.31. The van der Waals surface area contributed by atoms with Gasteiger partial charge in [-0.3, -0.25) is 14.9 Å². The second-order valence-corrected chi connectivity index (χ2v) is 11.9. The molecular formula is C18H19N5O11S2. The van der Waals surface area contributed by atoms with E-state index in [0.29, 0.717) is 6.26 Å². The second-order valence-electron chi connectivity index (χ2n) is 7.53. The van der Waals surface area contributed by atoms with Crippen LogP contribution in [0.5, 0.6) is 5.75 Å². The summed E-state index contributed by atoms with van der Waals surface area (Å²) < 4.78 is 53.2. The number of benzene rings is 1. The van der Waals surface area contributed by atoms with Crippen LogP contribution in [0.1, 0.15) is 22.3 Å². The summed E-state index contributed by atoms with van der Waals surface area (Å²) in [5.74, 6) is -2.04. The van der Waals surface area contributed by atoms with Gasteiger partial charge in [-0.15, -0.1) is 0 Å². The molecule has 1 aromatic rings. The predicted octanol–water partition coefficient (Wildman–Crippen LogP) is -0.825. The lowest BCUT2D eigenvalue weighted by Crippen LogP contribution is -2.51. The average molecular weight is 546 g/mol. The fourth-order valence-electron chi connectivity index (χ4n) is 3.07. The number of hydrogen-bond donors (Lipinski definition) is 3. The lowest BCUT2D eigenvalue weighted by atomic mass is 9.97. The Bertz CT molecular complexity index is 1440. The Morgan fingerprint density at radius 2 is 1.92 bits per heavy atom. The Morgan fingerprint density at radius 1 is 1.31 bits per heavy atom. The number of aliphatic carboxylic acids is 1. The SMILES string of the molecule is CS(=O)(=O)CCC(C(=O)O)C1=NC(S(C)(=O)=O)N(N)C(Oc2cc(C#N)ccc2C(=O)O)=C1[N+](=O)[O-]. The summed E-state index contributed by atoms with van der Waals surface area (Å²) in [6.45, 7) is 0. The standard InChI is InChI=1S/C18H19N5O11S2/c1-35(30,31)6-5-11(17(26)27)13-14(23(28)29)15(22(20)18(21-13)36(2,32)33)34-12-7-9(8-19)3-4-10(12)16(24)25/h3-4,7,11,18H,5-6,20H2,1-2H3,(H,24,25)(H,26,27). The highest BCUT2D eigenvalue weighted by molar-refractivity contribution is 7.91. The van der Waals surface area contributed by atoms with Crippen LogP contribution >= 0.6 is 0 Å². The highest BCUT2D eigenvalue weighted by Crippen LogP contribution is 2.31. The monoisotopic (exact) mass is 545 g/mol. The Labute approximate surface area is 203 Å². The number of nitrogens with two attached hydrogens (primary N) is 1. The normalized spacial score (nSPS) is 17.1. The molecule has 0 saturated carbocycles. The van der Waals surface area contributed by atoms with E-state index in [2.05, 4.69) is 4.99 Å². The van der Waals surface area contributed by atoms with E-state index in [9.17, 15) is 46.8 Å². The zero-order valence-electron chi connectivity index (χ0n) is 18.6. The molecule has 2 unspecified atom stereocenters. The van der Waals surface area contributed by atoms with Gasteiger partial charge in [0.05, 0.1) is 22.3 Å². The van der Waals surface area contributed by atoms with Crippen LogP contribution in [0, 0.1) is 27.4 Å². The summed E-state index contributed by atoms with van der Waals surface area (Å²) in [5, 5.41) is 40.4. The Balaban J connectivity index is 2.86. The Kier molecular flexibility index (Phi) is 8.03. The number of rotatable bonds is 10. The minimum atomic E-state index is -4.33. The van der Waals surface area contributed by atoms with Gasteiger partial charge in [0.1, 0.15) is 32.8 Å². The van der Waals surface area contributed by atoms with Crippen LogP contribution in [-0.2, 0) is 24.5 Å². The zero-order chi connectivity index (χ0) is 27.6. The van der Waals surface area contributed by atoms with Crippen LogP contribution in [-0.4, -0.2) is 78.4 Å². The molecule has 1 aliphatic rings. The highest BCUT2D eigenvalue weighted by atomic mass is 32.2.